The minimum absolute atomic E-state index is 0.217. The van der Waals surface area contributed by atoms with Crippen LogP contribution in [0.1, 0.15) is 45.4 Å². The van der Waals surface area contributed by atoms with Crippen molar-refractivity contribution in [1.29, 1.82) is 0 Å². The van der Waals surface area contributed by atoms with E-state index >= 15 is 0 Å². The molecule has 1 amide bonds. The Morgan fingerprint density at radius 2 is 2.27 bits per heavy atom. The van der Waals surface area contributed by atoms with Gasteiger partial charge in [-0.1, -0.05) is 23.9 Å². The smallest absolute Gasteiger partial charge is 0.237 e. The molecule has 138 valence electrons. The molecular weight excluding hydrogens is 364 g/mol. The summed E-state index contributed by atoms with van der Waals surface area (Å²) in [6.45, 7) is 2.89. The molecule has 0 aliphatic heterocycles. The van der Waals surface area contributed by atoms with Gasteiger partial charge in [-0.25, -0.2) is 0 Å². The fraction of sp³-hybridized carbons (Fsp3) is 0.526. The zero-order valence-electron chi connectivity index (χ0n) is 15.1. The highest BCUT2D eigenvalue weighted by Gasteiger charge is 2.35. The van der Waals surface area contributed by atoms with E-state index in [-0.39, 0.29) is 5.91 Å². The van der Waals surface area contributed by atoms with Crippen LogP contribution in [0.15, 0.2) is 34.4 Å². The number of thioether (sulfide) groups is 1. The second-order valence-electron chi connectivity index (χ2n) is 6.75. The standard InChI is InChI=1S/C19H24N4OS2/c1-2-22-18(16-9-6-12-25-16)20-21-19(22)26-13-17(24)23(15-10-11-15)14-7-4-3-5-8-14/h6-7,9,12,15H,2-5,8,10-11,13H2,1H3. The number of aromatic nitrogens is 3. The first-order valence-corrected chi connectivity index (χ1v) is 11.3. The van der Waals surface area contributed by atoms with E-state index in [1.807, 2.05) is 11.4 Å². The number of allylic oxidation sites excluding steroid dienone is 2. The van der Waals surface area contributed by atoms with Crippen molar-refractivity contribution in [3.63, 3.8) is 0 Å². The van der Waals surface area contributed by atoms with E-state index in [0.29, 0.717) is 11.8 Å². The molecule has 4 rings (SSSR count). The summed E-state index contributed by atoms with van der Waals surface area (Å²) in [5.74, 6) is 1.54. The first kappa shape index (κ1) is 17.8. The maximum absolute atomic E-state index is 12.9. The van der Waals surface area contributed by atoms with Crippen molar-refractivity contribution in [2.45, 2.75) is 63.2 Å². The Morgan fingerprint density at radius 1 is 1.38 bits per heavy atom. The van der Waals surface area contributed by atoms with Gasteiger partial charge in [0.15, 0.2) is 11.0 Å². The molecular formula is C19H24N4OS2. The van der Waals surface area contributed by atoms with Crippen LogP contribution in [0.5, 0.6) is 0 Å². The van der Waals surface area contributed by atoms with E-state index in [1.54, 1.807) is 11.3 Å². The Labute approximate surface area is 162 Å². The Kier molecular flexibility index (Phi) is 5.45. The second-order valence-corrected chi connectivity index (χ2v) is 8.64. The van der Waals surface area contributed by atoms with Gasteiger partial charge in [-0.2, -0.15) is 0 Å². The lowest BCUT2D eigenvalue weighted by molar-refractivity contribution is -0.127. The Balaban J connectivity index is 1.46. The molecule has 1 fully saturated rings. The molecule has 0 aromatic carbocycles. The van der Waals surface area contributed by atoms with Crippen LogP contribution in [0.25, 0.3) is 10.7 Å². The molecule has 1 saturated carbocycles. The molecule has 0 radical (unpaired) electrons. The van der Waals surface area contributed by atoms with Crippen molar-refractivity contribution < 1.29 is 4.79 Å². The summed E-state index contributed by atoms with van der Waals surface area (Å²) in [5.41, 5.74) is 1.25. The topological polar surface area (TPSA) is 51.0 Å². The van der Waals surface area contributed by atoms with Gasteiger partial charge in [-0.05, 0) is 56.9 Å². The van der Waals surface area contributed by atoms with Crippen molar-refractivity contribution in [3.8, 4) is 10.7 Å². The van der Waals surface area contributed by atoms with Crippen LogP contribution in [0.3, 0.4) is 0 Å². The minimum Gasteiger partial charge on any atom is -0.313 e. The van der Waals surface area contributed by atoms with Crippen molar-refractivity contribution in [3.05, 3.63) is 29.3 Å². The van der Waals surface area contributed by atoms with Crippen LogP contribution >= 0.6 is 23.1 Å². The summed E-state index contributed by atoms with van der Waals surface area (Å²) in [5, 5.41) is 11.6. The van der Waals surface area contributed by atoms with Gasteiger partial charge in [0.2, 0.25) is 5.91 Å². The van der Waals surface area contributed by atoms with Crippen molar-refractivity contribution in [1.82, 2.24) is 19.7 Å². The maximum Gasteiger partial charge on any atom is 0.237 e. The van der Waals surface area contributed by atoms with Crippen LogP contribution in [0, 0.1) is 0 Å². The molecule has 2 aromatic rings. The van der Waals surface area contributed by atoms with Crippen molar-refractivity contribution in [2.24, 2.45) is 0 Å². The summed E-state index contributed by atoms with van der Waals surface area (Å²) in [7, 11) is 0. The zero-order chi connectivity index (χ0) is 17.9. The highest BCUT2D eigenvalue weighted by Crippen LogP contribution is 2.35. The zero-order valence-corrected chi connectivity index (χ0v) is 16.7. The lowest BCUT2D eigenvalue weighted by atomic mass is 10.0. The molecule has 7 heteroatoms. The van der Waals surface area contributed by atoms with E-state index in [1.165, 1.54) is 30.3 Å². The lowest BCUT2D eigenvalue weighted by Crippen LogP contribution is -2.34. The Hall–Kier alpha value is -1.60. The molecule has 2 aliphatic rings. The number of rotatable bonds is 7. The number of thiophene rings is 1. The summed E-state index contributed by atoms with van der Waals surface area (Å²) < 4.78 is 2.10. The SMILES string of the molecule is CCn1c(SCC(=O)N(C2=CCCCC2)C2CC2)nnc1-c1cccs1. The normalized spacial score (nSPS) is 17.2. The van der Waals surface area contributed by atoms with Crippen LogP contribution in [-0.4, -0.2) is 37.4 Å². The molecule has 0 spiro atoms. The second kappa shape index (κ2) is 7.96. The van der Waals surface area contributed by atoms with Crippen LogP contribution < -0.4 is 0 Å². The monoisotopic (exact) mass is 388 g/mol. The molecule has 2 heterocycles. The Morgan fingerprint density at radius 3 is 2.92 bits per heavy atom. The average molecular weight is 389 g/mol. The number of hydrogen-bond donors (Lipinski definition) is 0. The first-order valence-electron chi connectivity index (χ1n) is 9.39. The van der Waals surface area contributed by atoms with Gasteiger partial charge in [0.1, 0.15) is 0 Å². The van der Waals surface area contributed by atoms with E-state index in [4.69, 9.17) is 0 Å². The van der Waals surface area contributed by atoms with E-state index in [2.05, 4.69) is 38.7 Å². The maximum atomic E-state index is 12.9. The average Bonchev–Trinajstić information content (AvgIpc) is 3.20. The quantitative estimate of drug-likeness (QED) is 0.652. The molecule has 0 bridgehead atoms. The fourth-order valence-corrected chi connectivity index (χ4v) is 5.01. The van der Waals surface area contributed by atoms with Crippen molar-refractivity contribution >= 4 is 29.0 Å². The number of carbonyl (C=O) groups is 1. The van der Waals surface area contributed by atoms with Gasteiger partial charge in [0.25, 0.3) is 0 Å². The van der Waals surface area contributed by atoms with Crippen LogP contribution in [0.4, 0.5) is 0 Å². The highest BCUT2D eigenvalue weighted by atomic mass is 32.2. The molecule has 0 N–H and O–H groups in total. The van der Waals surface area contributed by atoms with Gasteiger partial charge in [-0.3, -0.25) is 4.79 Å². The summed E-state index contributed by atoms with van der Waals surface area (Å²) in [6, 6.07) is 4.51. The van der Waals surface area contributed by atoms with Gasteiger partial charge in [0.05, 0.1) is 10.6 Å². The highest BCUT2D eigenvalue weighted by molar-refractivity contribution is 7.99. The predicted octanol–water partition coefficient (Wildman–Crippen LogP) is 4.57. The van der Waals surface area contributed by atoms with Gasteiger partial charge in [0, 0.05) is 18.3 Å². The van der Waals surface area contributed by atoms with E-state index in [9.17, 15) is 4.79 Å². The Bertz CT molecular complexity index is 793. The molecule has 0 atom stereocenters. The lowest BCUT2D eigenvalue weighted by Gasteiger charge is -2.27. The molecule has 2 aromatic heterocycles. The van der Waals surface area contributed by atoms with Crippen LogP contribution in [-0.2, 0) is 11.3 Å². The van der Waals surface area contributed by atoms with E-state index < -0.39 is 0 Å². The van der Waals surface area contributed by atoms with Gasteiger partial charge in [-0.15, -0.1) is 21.5 Å². The third kappa shape index (κ3) is 3.74. The van der Waals surface area contributed by atoms with Gasteiger partial charge < -0.3 is 9.47 Å². The van der Waals surface area contributed by atoms with Crippen molar-refractivity contribution in [2.75, 3.05) is 5.75 Å². The summed E-state index contributed by atoms with van der Waals surface area (Å²) >= 11 is 3.17. The van der Waals surface area contributed by atoms with Gasteiger partial charge >= 0.3 is 0 Å². The summed E-state index contributed by atoms with van der Waals surface area (Å²) in [6.07, 6.45) is 9.14. The number of hydrogen-bond acceptors (Lipinski definition) is 5. The fourth-order valence-electron chi connectivity index (χ4n) is 3.44. The first-order chi connectivity index (χ1) is 12.8. The third-order valence-electron chi connectivity index (χ3n) is 4.86. The molecule has 26 heavy (non-hydrogen) atoms. The molecule has 0 unspecified atom stereocenters. The number of amides is 1. The molecule has 2 aliphatic carbocycles. The van der Waals surface area contributed by atoms with E-state index in [0.717, 1.165) is 48.1 Å². The number of carbonyl (C=O) groups excluding carboxylic acids is 1. The minimum atomic E-state index is 0.217. The molecule has 5 nitrogen and oxygen atoms in total. The largest absolute Gasteiger partial charge is 0.313 e. The predicted molar refractivity (Wildman–Crippen MR) is 106 cm³/mol. The van der Waals surface area contributed by atoms with Crippen LogP contribution in [0.2, 0.25) is 0 Å². The third-order valence-corrected chi connectivity index (χ3v) is 6.67. The summed E-state index contributed by atoms with van der Waals surface area (Å²) in [4.78, 5) is 16.1. The number of nitrogens with zero attached hydrogens (tertiary/aromatic N) is 4. The molecule has 0 saturated heterocycles.